The van der Waals surface area contributed by atoms with E-state index in [4.69, 9.17) is 14.0 Å². The molecule has 0 saturated carbocycles. The SMILES string of the molecule is CCOC(=O)c1ccc2nc(C)cc(OCc3ccc(-c4noc(-c5ccccc5C#N)n4)cc3)c2c1. The number of fused-ring (bicyclic) bond motifs is 1. The molecule has 0 saturated heterocycles. The molecule has 0 aliphatic rings. The van der Waals surface area contributed by atoms with E-state index in [1.54, 1.807) is 43.3 Å². The van der Waals surface area contributed by atoms with Gasteiger partial charge in [0.25, 0.3) is 5.89 Å². The number of hydrogen-bond acceptors (Lipinski definition) is 8. The van der Waals surface area contributed by atoms with Crippen molar-refractivity contribution in [3.63, 3.8) is 0 Å². The molecule has 5 rings (SSSR count). The van der Waals surface area contributed by atoms with Crippen LogP contribution in [0.4, 0.5) is 0 Å². The Morgan fingerprint density at radius 2 is 1.84 bits per heavy atom. The molecule has 0 bridgehead atoms. The van der Waals surface area contributed by atoms with Crippen molar-refractivity contribution < 1.29 is 18.8 Å². The van der Waals surface area contributed by atoms with E-state index in [1.165, 1.54) is 0 Å². The largest absolute Gasteiger partial charge is 0.488 e. The molecule has 8 heteroatoms. The first-order valence-electron chi connectivity index (χ1n) is 11.7. The lowest BCUT2D eigenvalue weighted by Gasteiger charge is -2.12. The van der Waals surface area contributed by atoms with E-state index in [0.29, 0.717) is 47.4 Å². The molecular weight excluding hydrogens is 468 g/mol. The molecular formula is C29H22N4O4. The minimum absolute atomic E-state index is 0.293. The summed E-state index contributed by atoms with van der Waals surface area (Å²) in [5.41, 5.74) is 4.78. The Balaban J connectivity index is 1.34. The fourth-order valence-electron chi connectivity index (χ4n) is 3.91. The summed E-state index contributed by atoms with van der Waals surface area (Å²) < 4.78 is 16.7. The lowest BCUT2D eigenvalue weighted by atomic mass is 10.1. The molecule has 37 heavy (non-hydrogen) atoms. The van der Waals surface area contributed by atoms with Gasteiger partial charge in [-0.05, 0) is 49.7 Å². The lowest BCUT2D eigenvalue weighted by Crippen LogP contribution is -2.05. The normalized spacial score (nSPS) is 10.7. The maximum Gasteiger partial charge on any atom is 0.338 e. The number of nitrogens with zero attached hydrogens (tertiary/aromatic N) is 4. The van der Waals surface area contributed by atoms with Gasteiger partial charge in [-0.1, -0.05) is 41.6 Å². The average Bonchev–Trinajstić information content (AvgIpc) is 3.42. The van der Waals surface area contributed by atoms with E-state index in [9.17, 15) is 10.1 Å². The van der Waals surface area contributed by atoms with Crippen molar-refractivity contribution in [2.75, 3.05) is 6.61 Å². The zero-order valence-electron chi connectivity index (χ0n) is 20.3. The Hall–Kier alpha value is -5.03. The standard InChI is InChI=1S/C29H22N4O4/c1-3-35-29(34)21-12-13-25-24(15-21)26(14-18(2)31-25)36-17-19-8-10-20(11-9-19)27-32-28(37-33-27)23-7-5-4-6-22(23)16-30/h4-15H,3,17H2,1-2H3. The second-order valence-corrected chi connectivity index (χ2v) is 8.28. The van der Waals surface area contributed by atoms with Gasteiger partial charge < -0.3 is 14.0 Å². The Labute approximate surface area is 213 Å². The van der Waals surface area contributed by atoms with Crippen molar-refractivity contribution in [2.45, 2.75) is 20.5 Å². The third-order valence-corrected chi connectivity index (χ3v) is 5.72. The molecule has 3 aromatic carbocycles. The van der Waals surface area contributed by atoms with Gasteiger partial charge in [0.15, 0.2) is 0 Å². The van der Waals surface area contributed by atoms with Crippen LogP contribution in [0.15, 0.2) is 77.3 Å². The van der Waals surface area contributed by atoms with E-state index >= 15 is 0 Å². The molecule has 8 nitrogen and oxygen atoms in total. The van der Waals surface area contributed by atoms with E-state index in [-0.39, 0.29) is 5.97 Å². The minimum atomic E-state index is -0.382. The van der Waals surface area contributed by atoms with Crippen molar-refractivity contribution in [1.82, 2.24) is 15.1 Å². The molecule has 182 valence electrons. The predicted molar refractivity (Wildman–Crippen MR) is 137 cm³/mol. The van der Waals surface area contributed by atoms with E-state index in [1.807, 2.05) is 43.3 Å². The highest BCUT2D eigenvalue weighted by Crippen LogP contribution is 2.29. The molecule has 5 aromatic rings. The lowest BCUT2D eigenvalue weighted by molar-refractivity contribution is 0.0526. The summed E-state index contributed by atoms with van der Waals surface area (Å²) in [6.45, 7) is 4.29. The summed E-state index contributed by atoms with van der Waals surface area (Å²) in [4.78, 5) is 21.2. The monoisotopic (exact) mass is 490 g/mol. The third kappa shape index (κ3) is 5.02. The van der Waals surface area contributed by atoms with E-state index < -0.39 is 0 Å². The van der Waals surface area contributed by atoms with Gasteiger partial charge in [-0.15, -0.1) is 0 Å². The van der Waals surface area contributed by atoms with Gasteiger partial charge in [-0.2, -0.15) is 10.2 Å². The van der Waals surface area contributed by atoms with Gasteiger partial charge >= 0.3 is 5.97 Å². The molecule has 0 atom stereocenters. The highest BCUT2D eigenvalue weighted by atomic mass is 16.5. The Bertz CT molecular complexity index is 1630. The van der Waals surface area contributed by atoms with Crippen molar-refractivity contribution in [3.05, 3.63) is 95.2 Å². The van der Waals surface area contributed by atoms with Crippen molar-refractivity contribution >= 4 is 16.9 Å². The van der Waals surface area contributed by atoms with Gasteiger partial charge in [0, 0.05) is 22.7 Å². The summed E-state index contributed by atoms with van der Waals surface area (Å²) >= 11 is 0. The summed E-state index contributed by atoms with van der Waals surface area (Å²) in [7, 11) is 0. The molecule has 2 aromatic heterocycles. The highest BCUT2D eigenvalue weighted by molar-refractivity contribution is 5.96. The number of benzene rings is 3. The third-order valence-electron chi connectivity index (χ3n) is 5.72. The molecule has 0 aliphatic heterocycles. The summed E-state index contributed by atoms with van der Waals surface area (Å²) in [6.07, 6.45) is 0. The number of rotatable bonds is 7. The Morgan fingerprint density at radius 3 is 2.62 bits per heavy atom. The number of carbonyl (C=O) groups excluding carboxylic acids is 1. The van der Waals surface area contributed by atoms with Crippen LogP contribution in [0, 0.1) is 18.3 Å². The summed E-state index contributed by atoms with van der Waals surface area (Å²) in [6, 6.07) is 24.0. The zero-order valence-corrected chi connectivity index (χ0v) is 20.3. The number of hydrogen-bond donors (Lipinski definition) is 0. The Kier molecular flexibility index (Phi) is 6.60. The van der Waals surface area contributed by atoms with Crippen LogP contribution in [0.2, 0.25) is 0 Å². The fraction of sp³-hybridized carbons (Fsp3) is 0.138. The van der Waals surface area contributed by atoms with Gasteiger partial charge in [-0.3, -0.25) is 4.98 Å². The molecule has 0 fully saturated rings. The minimum Gasteiger partial charge on any atom is -0.488 e. The van der Waals surface area contributed by atoms with Crippen LogP contribution in [-0.2, 0) is 11.3 Å². The molecule has 0 amide bonds. The van der Waals surface area contributed by atoms with E-state index in [2.05, 4.69) is 21.2 Å². The fourth-order valence-corrected chi connectivity index (χ4v) is 3.91. The quantitative estimate of drug-likeness (QED) is 0.260. The van der Waals surface area contributed by atoms with Gasteiger partial charge in [0.1, 0.15) is 12.4 Å². The van der Waals surface area contributed by atoms with Crippen LogP contribution in [0.5, 0.6) is 5.75 Å². The van der Waals surface area contributed by atoms with Crippen LogP contribution in [0.25, 0.3) is 33.7 Å². The second kappa shape index (κ2) is 10.3. The van der Waals surface area contributed by atoms with Gasteiger partial charge in [0.2, 0.25) is 5.82 Å². The number of esters is 1. The van der Waals surface area contributed by atoms with Crippen molar-refractivity contribution in [2.24, 2.45) is 0 Å². The first-order chi connectivity index (χ1) is 18.1. The van der Waals surface area contributed by atoms with Crippen molar-refractivity contribution in [3.8, 4) is 34.7 Å². The zero-order chi connectivity index (χ0) is 25.8. The molecule has 2 heterocycles. The van der Waals surface area contributed by atoms with E-state index in [0.717, 1.165) is 27.7 Å². The van der Waals surface area contributed by atoms with Gasteiger partial charge in [0.05, 0.1) is 34.9 Å². The number of ether oxygens (including phenoxy) is 2. The maximum atomic E-state index is 12.2. The van der Waals surface area contributed by atoms with Crippen LogP contribution in [0.1, 0.15) is 34.1 Å². The van der Waals surface area contributed by atoms with Crippen LogP contribution < -0.4 is 4.74 Å². The number of aromatic nitrogens is 3. The van der Waals surface area contributed by atoms with Crippen LogP contribution in [-0.4, -0.2) is 27.7 Å². The number of carbonyl (C=O) groups is 1. The topological polar surface area (TPSA) is 111 Å². The molecule has 0 spiro atoms. The van der Waals surface area contributed by atoms with Crippen molar-refractivity contribution in [1.29, 1.82) is 5.26 Å². The highest BCUT2D eigenvalue weighted by Gasteiger charge is 2.15. The number of aryl methyl sites for hydroxylation is 1. The van der Waals surface area contributed by atoms with Crippen LogP contribution >= 0.6 is 0 Å². The summed E-state index contributed by atoms with van der Waals surface area (Å²) in [5, 5.41) is 14.1. The maximum absolute atomic E-state index is 12.2. The van der Waals surface area contributed by atoms with Crippen LogP contribution in [0.3, 0.4) is 0 Å². The first kappa shape index (κ1) is 23.7. The molecule has 0 radical (unpaired) electrons. The average molecular weight is 491 g/mol. The molecule has 0 unspecified atom stereocenters. The molecule has 0 N–H and O–H groups in total. The smallest absolute Gasteiger partial charge is 0.338 e. The second-order valence-electron chi connectivity index (χ2n) is 8.28. The van der Waals surface area contributed by atoms with Gasteiger partial charge in [-0.25, -0.2) is 4.79 Å². The predicted octanol–water partition coefficient (Wildman–Crippen LogP) is 5.89. The Morgan fingerprint density at radius 1 is 1.03 bits per heavy atom. The summed E-state index contributed by atoms with van der Waals surface area (Å²) in [5.74, 6) is 0.975. The molecule has 0 aliphatic carbocycles. The number of pyridine rings is 1. The first-order valence-corrected chi connectivity index (χ1v) is 11.7. The number of nitriles is 1.